The Labute approximate surface area is 126 Å². The maximum absolute atomic E-state index is 12.9. The Kier molecular flexibility index (Phi) is 6.84. The molecule has 0 aromatic heterocycles. The lowest BCUT2D eigenvalue weighted by Crippen LogP contribution is -2.28. The van der Waals surface area contributed by atoms with Gasteiger partial charge in [0, 0.05) is 5.69 Å². The van der Waals surface area contributed by atoms with Gasteiger partial charge in [-0.05, 0) is 25.1 Å². The van der Waals surface area contributed by atoms with Crippen molar-refractivity contribution in [3.63, 3.8) is 0 Å². The molecule has 1 rings (SSSR count). The van der Waals surface area contributed by atoms with Crippen molar-refractivity contribution in [1.82, 2.24) is 0 Å². The molecule has 7 heteroatoms. The third-order valence-electron chi connectivity index (χ3n) is 2.34. The van der Waals surface area contributed by atoms with Crippen molar-refractivity contribution in [3.05, 3.63) is 41.7 Å². The molecule has 1 atom stereocenters. The lowest BCUT2D eigenvalue weighted by molar-refractivity contribution is -0.157. The van der Waals surface area contributed by atoms with Gasteiger partial charge in [-0.2, -0.15) is 0 Å². The average molecular weight is 316 g/mol. The van der Waals surface area contributed by atoms with Gasteiger partial charge in [0.25, 0.3) is 5.91 Å². The van der Waals surface area contributed by atoms with Crippen molar-refractivity contribution in [1.29, 1.82) is 0 Å². The number of esters is 1. The zero-order valence-electron chi connectivity index (χ0n) is 11.4. The summed E-state index contributed by atoms with van der Waals surface area (Å²) < 4.78 is 22.8. The van der Waals surface area contributed by atoms with Crippen molar-refractivity contribution in [2.24, 2.45) is 0 Å². The Morgan fingerprint density at radius 3 is 2.86 bits per heavy atom. The molecule has 5 nitrogen and oxygen atoms in total. The lowest BCUT2D eigenvalue weighted by atomic mass is 10.3. The largest absolute Gasteiger partial charge is 0.454 e. The van der Waals surface area contributed by atoms with Crippen LogP contribution in [-0.2, 0) is 19.1 Å². The smallest absolute Gasteiger partial charge is 0.335 e. The molecule has 0 bridgehead atoms. The first-order chi connectivity index (χ1) is 9.93. The van der Waals surface area contributed by atoms with Gasteiger partial charge in [0.2, 0.25) is 0 Å². The molecule has 0 saturated carbocycles. The number of hydrogen-bond donors (Lipinski definition) is 1. The molecule has 1 N–H and O–H groups in total. The Hall–Kier alpha value is -1.92. The van der Waals surface area contributed by atoms with Crippen molar-refractivity contribution < 1.29 is 23.5 Å². The van der Waals surface area contributed by atoms with Gasteiger partial charge in [0.05, 0.1) is 11.6 Å². The van der Waals surface area contributed by atoms with Gasteiger partial charge in [-0.3, -0.25) is 4.79 Å². The lowest BCUT2D eigenvalue weighted by Gasteiger charge is -2.11. The summed E-state index contributed by atoms with van der Waals surface area (Å²) in [6.07, 6.45) is 0.699. The van der Waals surface area contributed by atoms with Crippen LogP contribution in [0.15, 0.2) is 30.9 Å². The van der Waals surface area contributed by atoms with Crippen LogP contribution in [0.2, 0.25) is 5.02 Å². The second-order valence-electron chi connectivity index (χ2n) is 4.05. The summed E-state index contributed by atoms with van der Waals surface area (Å²) >= 11 is 5.58. The van der Waals surface area contributed by atoms with Crippen LogP contribution in [0.25, 0.3) is 0 Å². The molecule has 0 fully saturated rings. The monoisotopic (exact) mass is 315 g/mol. The number of anilines is 1. The molecular formula is C14H15ClFNO4. The fraction of sp³-hybridized carbons (Fsp3) is 0.286. The first-order valence-electron chi connectivity index (χ1n) is 6.08. The van der Waals surface area contributed by atoms with E-state index in [1.165, 1.54) is 25.1 Å². The number of carbonyl (C=O) groups is 2. The second kappa shape index (κ2) is 8.39. The second-order valence-corrected chi connectivity index (χ2v) is 4.46. The maximum Gasteiger partial charge on any atom is 0.335 e. The van der Waals surface area contributed by atoms with E-state index in [-0.39, 0.29) is 11.6 Å². The van der Waals surface area contributed by atoms with Crippen LogP contribution in [0, 0.1) is 5.82 Å². The van der Waals surface area contributed by atoms with E-state index in [2.05, 4.69) is 11.9 Å². The number of ether oxygens (including phenoxy) is 2. The fourth-order valence-corrected chi connectivity index (χ4v) is 1.49. The topological polar surface area (TPSA) is 64.6 Å². The van der Waals surface area contributed by atoms with Crippen LogP contribution in [0.4, 0.5) is 10.1 Å². The highest BCUT2D eigenvalue weighted by atomic mass is 35.5. The number of benzene rings is 1. The highest BCUT2D eigenvalue weighted by molar-refractivity contribution is 6.31. The molecule has 1 aromatic carbocycles. The summed E-state index contributed by atoms with van der Waals surface area (Å²) in [5.74, 6) is -1.82. The minimum absolute atomic E-state index is 0.115. The SMILES string of the molecule is C=CCOC(C)C(=O)OCC(=O)Nc1ccc(F)c(Cl)c1. The number of amides is 1. The van der Waals surface area contributed by atoms with Crippen LogP contribution in [-0.4, -0.2) is 31.2 Å². The summed E-state index contributed by atoms with van der Waals surface area (Å²) in [7, 11) is 0. The van der Waals surface area contributed by atoms with Crippen LogP contribution >= 0.6 is 11.6 Å². The van der Waals surface area contributed by atoms with E-state index in [1.807, 2.05) is 0 Å². The van der Waals surface area contributed by atoms with Crippen molar-refractivity contribution in [2.75, 3.05) is 18.5 Å². The van der Waals surface area contributed by atoms with E-state index in [9.17, 15) is 14.0 Å². The van der Waals surface area contributed by atoms with Gasteiger partial charge >= 0.3 is 5.97 Å². The zero-order valence-corrected chi connectivity index (χ0v) is 12.2. The molecule has 0 radical (unpaired) electrons. The summed E-state index contributed by atoms with van der Waals surface area (Å²) in [4.78, 5) is 23.0. The highest BCUT2D eigenvalue weighted by Crippen LogP contribution is 2.19. The van der Waals surface area contributed by atoms with E-state index in [1.54, 1.807) is 0 Å². The fourth-order valence-electron chi connectivity index (χ4n) is 1.31. The minimum atomic E-state index is -0.795. The Balaban J connectivity index is 2.41. The Morgan fingerprint density at radius 1 is 1.52 bits per heavy atom. The summed E-state index contributed by atoms with van der Waals surface area (Å²) in [6.45, 7) is 4.68. The minimum Gasteiger partial charge on any atom is -0.454 e. The first-order valence-corrected chi connectivity index (χ1v) is 6.46. The number of carbonyl (C=O) groups excluding carboxylic acids is 2. The molecule has 0 saturated heterocycles. The number of nitrogens with one attached hydrogen (secondary N) is 1. The first kappa shape index (κ1) is 17.1. The molecule has 0 aliphatic carbocycles. The van der Waals surface area contributed by atoms with E-state index in [0.29, 0.717) is 5.69 Å². The molecule has 1 unspecified atom stereocenters. The van der Waals surface area contributed by atoms with Gasteiger partial charge in [0.1, 0.15) is 5.82 Å². The standard InChI is InChI=1S/C14H15ClFNO4/c1-3-6-20-9(2)14(19)21-8-13(18)17-10-4-5-12(16)11(15)7-10/h3-5,7,9H,1,6,8H2,2H3,(H,17,18). The molecule has 21 heavy (non-hydrogen) atoms. The van der Waals surface area contributed by atoms with Crippen molar-refractivity contribution in [3.8, 4) is 0 Å². The predicted molar refractivity (Wildman–Crippen MR) is 76.6 cm³/mol. The molecule has 0 spiro atoms. The number of rotatable bonds is 7. The summed E-state index contributed by atoms with van der Waals surface area (Å²) in [5.41, 5.74) is 0.304. The average Bonchev–Trinajstić information content (AvgIpc) is 2.46. The van der Waals surface area contributed by atoms with Gasteiger partial charge in [0.15, 0.2) is 12.7 Å². The van der Waals surface area contributed by atoms with Crippen LogP contribution in [0.5, 0.6) is 0 Å². The maximum atomic E-state index is 12.9. The van der Waals surface area contributed by atoms with E-state index >= 15 is 0 Å². The van der Waals surface area contributed by atoms with E-state index in [4.69, 9.17) is 21.1 Å². The van der Waals surface area contributed by atoms with Gasteiger partial charge in [-0.25, -0.2) is 9.18 Å². The van der Waals surface area contributed by atoms with Gasteiger partial charge < -0.3 is 14.8 Å². The Morgan fingerprint density at radius 2 is 2.24 bits per heavy atom. The highest BCUT2D eigenvalue weighted by Gasteiger charge is 2.16. The molecule has 0 heterocycles. The van der Waals surface area contributed by atoms with Crippen LogP contribution in [0.3, 0.4) is 0 Å². The van der Waals surface area contributed by atoms with Crippen LogP contribution in [0.1, 0.15) is 6.92 Å². The normalized spacial score (nSPS) is 11.6. The van der Waals surface area contributed by atoms with Crippen molar-refractivity contribution >= 4 is 29.2 Å². The molecule has 0 aliphatic rings. The molecule has 0 aliphatic heterocycles. The predicted octanol–water partition coefficient (Wildman–Crippen LogP) is 2.55. The van der Waals surface area contributed by atoms with Gasteiger partial charge in [-0.1, -0.05) is 17.7 Å². The van der Waals surface area contributed by atoms with E-state index < -0.39 is 30.4 Å². The third-order valence-corrected chi connectivity index (χ3v) is 2.63. The molecule has 1 amide bonds. The molecule has 1 aromatic rings. The number of hydrogen-bond acceptors (Lipinski definition) is 4. The zero-order chi connectivity index (χ0) is 15.8. The quantitative estimate of drug-likeness (QED) is 0.620. The molecule has 114 valence electrons. The van der Waals surface area contributed by atoms with Crippen molar-refractivity contribution in [2.45, 2.75) is 13.0 Å². The summed E-state index contributed by atoms with van der Waals surface area (Å²) in [5, 5.41) is 2.31. The van der Waals surface area contributed by atoms with Gasteiger partial charge in [-0.15, -0.1) is 6.58 Å². The number of halogens is 2. The third kappa shape index (κ3) is 5.93. The Bertz CT molecular complexity index is 536. The molecular weight excluding hydrogens is 301 g/mol. The van der Waals surface area contributed by atoms with Crippen LogP contribution < -0.4 is 5.32 Å². The van der Waals surface area contributed by atoms with E-state index in [0.717, 1.165) is 6.07 Å². The summed E-state index contributed by atoms with van der Waals surface area (Å²) in [6, 6.07) is 3.72.